The molecule has 1 saturated heterocycles. The molecule has 1 aromatic carbocycles. The number of nitrogens with one attached hydrogen (secondary N) is 1. The van der Waals surface area contributed by atoms with Gasteiger partial charge in [0.2, 0.25) is 0 Å². The molecule has 0 radical (unpaired) electrons. The van der Waals surface area contributed by atoms with Crippen LogP contribution in [0.4, 0.5) is 5.69 Å². The van der Waals surface area contributed by atoms with E-state index in [0.29, 0.717) is 0 Å². The molecule has 1 aromatic rings. The second-order valence-corrected chi connectivity index (χ2v) is 5.22. The van der Waals surface area contributed by atoms with Gasteiger partial charge in [-0.2, -0.15) is 0 Å². The average Bonchev–Trinajstić information content (AvgIpc) is 2.32. The highest BCUT2D eigenvalue weighted by atomic mass is 16.5. The molecule has 17 heavy (non-hydrogen) atoms. The molecular weight excluding hydrogens is 212 g/mol. The number of anilines is 1. The quantitative estimate of drug-likeness (QED) is 0.788. The minimum Gasteiger partial charge on any atom is -0.399 e. The lowest BCUT2D eigenvalue weighted by Crippen LogP contribution is -2.46. The van der Waals surface area contributed by atoms with E-state index in [1.807, 2.05) is 6.07 Å². The van der Waals surface area contributed by atoms with Gasteiger partial charge in [0.05, 0.1) is 0 Å². The van der Waals surface area contributed by atoms with E-state index >= 15 is 0 Å². The van der Waals surface area contributed by atoms with Gasteiger partial charge in [-0.15, -0.1) is 0 Å². The zero-order chi connectivity index (χ0) is 12.3. The number of hydrogen-bond donors (Lipinski definition) is 2. The van der Waals surface area contributed by atoms with Crippen LogP contribution in [-0.4, -0.2) is 18.8 Å². The van der Waals surface area contributed by atoms with Gasteiger partial charge in [-0.1, -0.05) is 12.1 Å². The van der Waals surface area contributed by atoms with E-state index in [4.69, 9.17) is 10.5 Å². The normalized spacial score (nSPS) is 19.2. The number of aryl methyl sites for hydroxylation is 1. The van der Waals surface area contributed by atoms with Gasteiger partial charge in [0.1, 0.15) is 0 Å². The predicted molar refractivity (Wildman–Crippen MR) is 70.9 cm³/mol. The summed E-state index contributed by atoms with van der Waals surface area (Å²) in [4.78, 5) is 0. The summed E-state index contributed by atoms with van der Waals surface area (Å²) in [6.45, 7) is 6.96. The third kappa shape index (κ3) is 3.20. The molecule has 3 N–H and O–H groups in total. The Bertz CT molecular complexity index is 384. The monoisotopic (exact) mass is 234 g/mol. The molecule has 1 fully saturated rings. The summed E-state index contributed by atoms with van der Waals surface area (Å²) < 4.78 is 5.40. The lowest BCUT2D eigenvalue weighted by atomic mass is 9.92. The number of ether oxygens (including phenoxy) is 1. The van der Waals surface area contributed by atoms with Crippen molar-refractivity contribution in [3.63, 3.8) is 0 Å². The van der Waals surface area contributed by atoms with Crippen LogP contribution in [0, 0.1) is 6.92 Å². The van der Waals surface area contributed by atoms with Crippen LogP contribution in [0.2, 0.25) is 0 Å². The lowest BCUT2D eigenvalue weighted by molar-refractivity contribution is 0.0446. The fourth-order valence-electron chi connectivity index (χ4n) is 2.16. The maximum atomic E-state index is 5.82. The topological polar surface area (TPSA) is 47.3 Å². The van der Waals surface area contributed by atoms with Crippen LogP contribution in [0.3, 0.4) is 0 Å². The number of nitrogen functional groups attached to an aromatic ring is 1. The molecule has 1 aliphatic rings. The molecule has 2 rings (SSSR count). The first-order valence-corrected chi connectivity index (χ1v) is 6.27. The average molecular weight is 234 g/mol. The minimum absolute atomic E-state index is 0.216. The molecule has 0 spiro atoms. The molecule has 3 nitrogen and oxygen atoms in total. The smallest absolute Gasteiger partial charge is 0.0483 e. The molecule has 94 valence electrons. The van der Waals surface area contributed by atoms with Gasteiger partial charge >= 0.3 is 0 Å². The van der Waals surface area contributed by atoms with Crippen LogP contribution < -0.4 is 11.1 Å². The van der Waals surface area contributed by atoms with Crippen LogP contribution >= 0.6 is 0 Å². The Labute approximate surface area is 103 Å². The van der Waals surface area contributed by atoms with E-state index in [-0.39, 0.29) is 5.54 Å². The second kappa shape index (κ2) is 5.07. The molecule has 3 heteroatoms. The fourth-order valence-corrected chi connectivity index (χ4v) is 2.16. The highest BCUT2D eigenvalue weighted by molar-refractivity contribution is 5.47. The highest BCUT2D eigenvalue weighted by Crippen LogP contribution is 2.21. The largest absolute Gasteiger partial charge is 0.399 e. The fraction of sp³-hybridized carbons (Fsp3) is 0.571. The van der Waals surface area contributed by atoms with Crippen molar-refractivity contribution >= 4 is 5.69 Å². The van der Waals surface area contributed by atoms with Gasteiger partial charge < -0.3 is 15.8 Å². The van der Waals surface area contributed by atoms with Crippen molar-refractivity contribution in [2.75, 3.05) is 18.9 Å². The third-order valence-electron chi connectivity index (χ3n) is 3.65. The Morgan fingerprint density at radius 2 is 2.06 bits per heavy atom. The summed E-state index contributed by atoms with van der Waals surface area (Å²) in [5.74, 6) is 0. The Morgan fingerprint density at radius 1 is 1.35 bits per heavy atom. The minimum atomic E-state index is 0.216. The van der Waals surface area contributed by atoms with Gasteiger partial charge in [-0.25, -0.2) is 0 Å². The first-order chi connectivity index (χ1) is 8.09. The Kier molecular flexibility index (Phi) is 3.69. The Balaban J connectivity index is 1.94. The first-order valence-electron chi connectivity index (χ1n) is 6.27. The molecule has 0 saturated carbocycles. The molecule has 0 aromatic heterocycles. The maximum absolute atomic E-state index is 5.82. The number of rotatable bonds is 3. The van der Waals surface area contributed by atoms with Crippen molar-refractivity contribution in [1.82, 2.24) is 5.32 Å². The lowest BCUT2D eigenvalue weighted by Gasteiger charge is -2.34. The van der Waals surface area contributed by atoms with Crippen molar-refractivity contribution in [3.8, 4) is 0 Å². The van der Waals surface area contributed by atoms with Crippen LogP contribution in [0.15, 0.2) is 18.2 Å². The van der Waals surface area contributed by atoms with Gasteiger partial charge in [-0.3, -0.25) is 0 Å². The zero-order valence-electron chi connectivity index (χ0n) is 10.8. The summed E-state index contributed by atoms with van der Waals surface area (Å²) >= 11 is 0. The van der Waals surface area contributed by atoms with E-state index < -0.39 is 0 Å². The van der Waals surface area contributed by atoms with Crippen LogP contribution in [0.5, 0.6) is 0 Å². The van der Waals surface area contributed by atoms with E-state index in [0.717, 1.165) is 43.9 Å². The standard InChI is InChI=1S/C14H22N2O/c1-11-9-12(3-4-13(11)15)10-16-14(2)5-7-17-8-6-14/h3-4,9,16H,5-8,10,15H2,1-2H3. The van der Waals surface area contributed by atoms with E-state index in [1.165, 1.54) is 5.56 Å². The molecule has 0 amide bonds. The summed E-state index contributed by atoms with van der Waals surface area (Å²) in [6.07, 6.45) is 2.17. The first kappa shape index (κ1) is 12.4. The predicted octanol–water partition coefficient (Wildman–Crippen LogP) is 2.24. The number of nitrogens with two attached hydrogens (primary N) is 1. The number of hydrogen-bond acceptors (Lipinski definition) is 3. The van der Waals surface area contributed by atoms with Gasteiger partial charge in [0.15, 0.2) is 0 Å². The summed E-state index contributed by atoms with van der Waals surface area (Å²) in [5.41, 5.74) is 9.35. The van der Waals surface area contributed by atoms with Gasteiger partial charge in [0.25, 0.3) is 0 Å². The van der Waals surface area contributed by atoms with Crippen molar-refractivity contribution < 1.29 is 4.74 Å². The molecule has 1 aliphatic heterocycles. The van der Waals surface area contributed by atoms with E-state index in [2.05, 4.69) is 31.3 Å². The van der Waals surface area contributed by atoms with Crippen molar-refractivity contribution in [3.05, 3.63) is 29.3 Å². The molecular formula is C14H22N2O. The third-order valence-corrected chi connectivity index (χ3v) is 3.65. The van der Waals surface area contributed by atoms with E-state index in [1.54, 1.807) is 0 Å². The van der Waals surface area contributed by atoms with Crippen molar-refractivity contribution in [1.29, 1.82) is 0 Å². The van der Waals surface area contributed by atoms with Gasteiger partial charge in [-0.05, 0) is 43.9 Å². The summed E-state index contributed by atoms with van der Waals surface area (Å²) in [6, 6.07) is 6.24. The molecule has 0 atom stereocenters. The highest BCUT2D eigenvalue weighted by Gasteiger charge is 2.26. The van der Waals surface area contributed by atoms with Crippen molar-refractivity contribution in [2.45, 2.75) is 38.8 Å². The zero-order valence-corrected chi connectivity index (χ0v) is 10.8. The Morgan fingerprint density at radius 3 is 2.71 bits per heavy atom. The number of benzene rings is 1. The molecule has 0 bridgehead atoms. The molecule has 1 heterocycles. The van der Waals surface area contributed by atoms with E-state index in [9.17, 15) is 0 Å². The molecule has 0 unspecified atom stereocenters. The SMILES string of the molecule is Cc1cc(CNC2(C)CCOCC2)ccc1N. The molecule has 0 aliphatic carbocycles. The van der Waals surface area contributed by atoms with Crippen molar-refractivity contribution in [2.24, 2.45) is 0 Å². The van der Waals surface area contributed by atoms with Crippen LogP contribution in [0.1, 0.15) is 30.9 Å². The summed E-state index contributed by atoms with van der Waals surface area (Å²) in [7, 11) is 0. The summed E-state index contributed by atoms with van der Waals surface area (Å²) in [5, 5.41) is 3.64. The van der Waals surface area contributed by atoms with Crippen LogP contribution in [-0.2, 0) is 11.3 Å². The van der Waals surface area contributed by atoms with Crippen LogP contribution in [0.25, 0.3) is 0 Å². The maximum Gasteiger partial charge on any atom is 0.0483 e. The second-order valence-electron chi connectivity index (χ2n) is 5.22. The van der Waals surface area contributed by atoms with Gasteiger partial charge in [0, 0.05) is 31.0 Å². The Hall–Kier alpha value is -1.06.